The first-order valence-electron chi connectivity index (χ1n) is 11.1. The van der Waals surface area contributed by atoms with Crippen LogP contribution in [-0.2, 0) is 9.47 Å². The smallest absolute Gasteiger partial charge is 0.409 e. The molecule has 0 saturated carbocycles. The normalized spacial score (nSPS) is 20.0. The van der Waals surface area contributed by atoms with E-state index in [4.69, 9.17) is 19.4 Å². The van der Waals surface area contributed by atoms with Gasteiger partial charge in [0.2, 0.25) is 0 Å². The minimum atomic E-state index is -0.263. The number of piperidine rings is 1. The number of methoxy groups -OCH3 is 1. The number of anilines is 1. The highest BCUT2D eigenvalue weighted by atomic mass is 16.5. The van der Waals surface area contributed by atoms with Gasteiger partial charge in [-0.15, -0.1) is 0 Å². The zero-order valence-electron chi connectivity index (χ0n) is 18.5. The lowest BCUT2D eigenvalue weighted by Crippen LogP contribution is -2.44. The number of nitrogens with zero attached hydrogens (tertiary/aromatic N) is 5. The van der Waals surface area contributed by atoms with E-state index in [1.807, 2.05) is 18.3 Å². The number of carbonyl (C=O) groups excluding carboxylic acids is 1. The highest BCUT2D eigenvalue weighted by molar-refractivity contribution is 5.91. The first kappa shape index (κ1) is 20.7. The number of ether oxygens (including phenoxy) is 2. The summed E-state index contributed by atoms with van der Waals surface area (Å²) in [5.74, 6) is 1.89. The molecule has 0 bridgehead atoms. The van der Waals surface area contributed by atoms with E-state index in [1.54, 1.807) is 11.1 Å². The van der Waals surface area contributed by atoms with Crippen LogP contribution in [0.4, 0.5) is 10.6 Å². The second-order valence-electron chi connectivity index (χ2n) is 8.42. The van der Waals surface area contributed by atoms with Crippen LogP contribution in [0, 0.1) is 0 Å². The van der Waals surface area contributed by atoms with Crippen molar-refractivity contribution in [2.24, 2.45) is 0 Å². The molecule has 168 valence electrons. The number of morpholine rings is 1. The summed E-state index contributed by atoms with van der Waals surface area (Å²) < 4.78 is 10.5. The van der Waals surface area contributed by atoms with Gasteiger partial charge in [-0.2, -0.15) is 0 Å². The van der Waals surface area contributed by atoms with Gasteiger partial charge in [-0.05, 0) is 31.9 Å². The fraction of sp³-hybridized carbons (Fsp3) is 0.478. The van der Waals surface area contributed by atoms with Crippen LogP contribution in [-0.4, -0.2) is 76.9 Å². The number of rotatable bonds is 3. The van der Waals surface area contributed by atoms with Crippen LogP contribution in [0.1, 0.15) is 31.4 Å². The number of aromatic nitrogens is 4. The maximum absolute atomic E-state index is 11.9. The molecule has 3 aromatic rings. The van der Waals surface area contributed by atoms with Gasteiger partial charge in [0.05, 0.1) is 26.4 Å². The van der Waals surface area contributed by atoms with Gasteiger partial charge >= 0.3 is 6.09 Å². The summed E-state index contributed by atoms with van der Waals surface area (Å²) in [4.78, 5) is 33.6. The molecule has 2 saturated heterocycles. The number of aromatic amines is 1. The molecule has 0 radical (unpaired) electrons. The highest BCUT2D eigenvalue weighted by Gasteiger charge is 2.28. The number of fused-ring (bicyclic) bond motifs is 1. The van der Waals surface area contributed by atoms with Crippen LogP contribution in [0.5, 0.6) is 0 Å². The minimum absolute atomic E-state index is 0.241. The van der Waals surface area contributed by atoms with Crippen LogP contribution in [0.15, 0.2) is 30.6 Å². The molecule has 5 rings (SSSR count). The molecule has 32 heavy (non-hydrogen) atoms. The summed E-state index contributed by atoms with van der Waals surface area (Å²) in [5.41, 5.74) is 2.81. The molecular weight excluding hydrogens is 408 g/mol. The summed E-state index contributed by atoms with van der Waals surface area (Å²) in [5, 5.41) is 1.01. The van der Waals surface area contributed by atoms with Gasteiger partial charge in [0.15, 0.2) is 5.82 Å². The summed E-state index contributed by atoms with van der Waals surface area (Å²) >= 11 is 0. The van der Waals surface area contributed by atoms with Crippen LogP contribution < -0.4 is 4.90 Å². The van der Waals surface area contributed by atoms with E-state index < -0.39 is 0 Å². The quantitative estimate of drug-likeness (QED) is 0.673. The molecule has 2 aliphatic rings. The molecule has 0 aromatic carbocycles. The van der Waals surface area contributed by atoms with Crippen molar-refractivity contribution in [3.63, 3.8) is 0 Å². The third kappa shape index (κ3) is 3.88. The van der Waals surface area contributed by atoms with Crippen molar-refractivity contribution in [1.29, 1.82) is 0 Å². The summed E-state index contributed by atoms with van der Waals surface area (Å²) in [6, 6.07) is 6.35. The number of H-pyrrole nitrogens is 1. The van der Waals surface area contributed by atoms with E-state index in [-0.39, 0.29) is 18.1 Å². The minimum Gasteiger partial charge on any atom is -0.453 e. The fourth-order valence-electron chi connectivity index (χ4n) is 4.64. The lowest BCUT2D eigenvalue weighted by molar-refractivity contribution is 0.0985. The first-order chi connectivity index (χ1) is 15.6. The second-order valence-corrected chi connectivity index (χ2v) is 8.42. The zero-order chi connectivity index (χ0) is 22.1. The lowest BCUT2D eigenvalue weighted by Gasteiger charge is -2.35. The third-order valence-corrected chi connectivity index (χ3v) is 6.44. The molecule has 2 fully saturated rings. The average molecular weight is 437 g/mol. The van der Waals surface area contributed by atoms with E-state index >= 15 is 0 Å². The SMILES string of the molecule is COC(=O)N1CCC(c2cc(N3CCOC[C@H]3C)nc(-c3ccnc4[nH]ccc34)n2)CC1. The number of hydrogen-bond acceptors (Lipinski definition) is 7. The van der Waals surface area contributed by atoms with E-state index in [0.717, 1.165) is 47.5 Å². The lowest BCUT2D eigenvalue weighted by atomic mass is 9.93. The van der Waals surface area contributed by atoms with Crippen molar-refractivity contribution in [1.82, 2.24) is 24.8 Å². The Labute approximate surface area is 186 Å². The topological polar surface area (TPSA) is 96.5 Å². The summed E-state index contributed by atoms with van der Waals surface area (Å²) in [7, 11) is 1.43. The second kappa shape index (κ2) is 8.74. The molecule has 0 spiro atoms. The molecule has 0 aliphatic carbocycles. The Balaban J connectivity index is 1.53. The fourth-order valence-corrected chi connectivity index (χ4v) is 4.64. The van der Waals surface area contributed by atoms with Crippen LogP contribution in [0.25, 0.3) is 22.4 Å². The Kier molecular flexibility index (Phi) is 5.65. The maximum atomic E-state index is 11.9. The van der Waals surface area contributed by atoms with Crippen LogP contribution in [0.2, 0.25) is 0 Å². The van der Waals surface area contributed by atoms with Crippen LogP contribution in [0.3, 0.4) is 0 Å². The Morgan fingerprint density at radius 3 is 2.84 bits per heavy atom. The Hall–Kier alpha value is -3.20. The van der Waals surface area contributed by atoms with Gasteiger partial charge in [-0.1, -0.05) is 0 Å². The predicted molar refractivity (Wildman–Crippen MR) is 121 cm³/mol. The summed E-state index contributed by atoms with van der Waals surface area (Å²) in [6.45, 7) is 5.66. The Morgan fingerprint density at radius 2 is 2.06 bits per heavy atom. The van der Waals surface area contributed by atoms with E-state index in [0.29, 0.717) is 32.1 Å². The number of amides is 1. The molecule has 1 N–H and O–H groups in total. The predicted octanol–water partition coefficient (Wildman–Crippen LogP) is 3.19. The van der Waals surface area contributed by atoms with Crippen molar-refractivity contribution >= 4 is 22.9 Å². The molecule has 3 aromatic heterocycles. The van der Waals surface area contributed by atoms with E-state index in [9.17, 15) is 4.79 Å². The van der Waals surface area contributed by atoms with Gasteiger partial charge in [0, 0.05) is 60.7 Å². The molecule has 2 aliphatic heterocycles. The van der Waals surface area contributed by atoms with Crippen molar-refractivity contribution in [2.75, 3.05) is 44.9 Å². The molecular formula is C23H28N6O3. The van der Waals surface area contributed by atoms with Crippen LogP contribution >= 0.6 is 0 Å². The molecule has 1 amide bonds. The Bertz CT molecular complexity index is 1110. The number of pyridine rings is 1. The Morgan fingerprint density at radius 1 is 1.22 bits per heavy atom. The highest BCUT2D eigenvalue weighted by Crippen LogP contribution is 2.33. The molecule has 1 atom stereocenters. The van der Waals surface area contributed by atoms with Gasteiger partial charge in [-0.3, -0.25) is 0 Å². The van der Waals surface area contributed by atoms with E-state index in [1.165, 1.54) is 7.11 Å². The maximum Gasteiger partial charge on any atom is 0.409 e. The van der Waals surface area contributed by atoms with Crippen molar-refractivity contribution in [2.45, 2.75) is 31.7 Å². The number of nitrogens with one attached hydrogen (secondary N) is 1. The molecule has 9 heteroatoms. The number of carbonyl (C=O) groups is 1. The van der Waals surface area contributed by atoms with Gasteiger partial charge in [0.1, 0.15) is 11.5 Å². The van der Waals surface area contributed by atoms with Crippen molar-refractivity contribution in [3.05, 3.63) is 36.3 Å². The van der Waals surface area contributed by atoms with E-state index in [2.05, 4.69) is 27.9 Å². The molecule has 5 heterocycles. The standard InChI is InChI=1S/C23H28N6O3/c1-15-14-32-12-11-29(15)20-13-19(16-5-9-28(10-6-16)23(30)31-2)26-22(27-20)18-4-8-25-21-17(18)3-7-24-21/h3-4,7-8,13,15-16H,5-6,9-12,14H2,1-2H3,(H,24,25)/t15-/m1/s1. The van der Waals surface area contributed by atoms with Gasteiger partial charge in [-0.25, -0.2) is 19.7 Å². The monoisotopic (exact) mass is 436 g/mol. The average Bonchev–Trinajstić information content (AvgIpc) is 3.33. The summed E-state index contributed by atoms with van der Waals surface area (Å²) in [6.07, 6.45) is 5.11. The largest absolute Gasteiger partial charge is 0.453 e. The molecule has 0 unspecified atom stereocenters. The number of likely N-dealkylation sites (tertiary alicyclic amines) is 1. The van der Waals surface area contributed by atoms with Crippen molar-refractivity contribution < 1.29 is 14.3 Å². The first-order valence-corrected chi connectivity index (χ1v) is 11.1. The zero-order valence-corrected chi connectivity index (χ0v) is 18.5. The van der Waals surface area contributed by atoms with Crippen molar-refractivity contribution in [3.8, 4) is 11.4 Å². The third-order valence-electron chi connectivity index (χ3n) is 6.44. The van der Waals surface area contributed by atoms with Gasteiger partial charge < -0.3 is 24.3 Å². The number of hydrogen-bond donors (Lipinski definition) is 1. The van der Waals surface area contributed by atoms with Gasteiger partial charge in [0.25, 0.3) is 0 Å². The molecule has 9 nitrogen and oxygen atoms in total.